The second kappa shape index (κ2) is 8.35. The summed E-state index contributed by atoms with van der Waals surface area (Å²) >= 11 is 5.89. The van der Waals surface area contributed by atoms with E-state index in [0.29, 0.717) is 27.5 Å². The molecule has 0 saturated carbocycles. The lowest BCUT2D eigenvalue weighted by Crippen LogP contribution is -2.09. The van der Waals surface area contributed by atoms with Crippen LogP contribution in [0.4, 0.5) is 0 Å². The first-order chi connectivity index (χ1) is 14.5. The third-order valence-corrected chi connectivity index (χ3v) is 4.66. The van der Waals surface area contributed by atoms with E-state index >= 15 is 0 Å². The summed E-state index contributed by atoms with van der Waals surface area (Å²) in [6.07, 6.45) is 1.53. The summed E-state index contributed by atoms with van der Waals surface area (Å²) in [6.45, 7) is 1.94. The number of nitrogens with zero attached hydrogens (tertiary/aromatic N) is 1. The third-order valence-electron chi connectivity index (χ3n) is 4.41. The van der Waals surface area contributed by atoms with Gasteiger partial charge in [0.05, 0.1) is 5.56 Å². The maximum Gasteiger partial charge on any atom is 0.363 e. The van der Waals surface area contributed by atoms with Crippen LogP contribution in [0.15, 0.2) is 83.5 Å². The third kappa shape index (κ3) is 4.31. The Kier molecular flexibility index (Phi) is 5.46. The van der Waals surface area contributed by atoms with Crippen LogP contribution in [0, 0.1) is 6.92 Å². The molecule has 1 aliphatic rings. The maximum atomic E-state index is 12.5. The molecule has 5 nitrogen and oxygen atoms in total. The normalized spacial score (nSPS) is 14.4. The van der Waals surface area contributed by atoms with Crippen LogP contribution in [0.3, 0.4) is 0 Å². The van der Waals surface area contributed by atoms with Gasteiger partial charge >= 0.3 is 11.9 Å². The van der Waals surface area contributed by atoms with E-state index in [9.17, 15) is 9.59 Å². The highest BCUT2D eigenvalue weighted by Gasteiger charge is 2.24. The molecule has 0 aromatic heterocycles. The van der Waals surface area contributed by atoms with Crippen LogP contribution in [-0.2, 0) is 9.53 Å². The zero-order chi connectivity index (χ0) is 21.1. The van der Waals surface area contributed by atoms with Gasteiger partial charge in [0.2, 0.25) is 5.90 Å². The highest BCUT2D eigenvalue weighted by Crippen LogP contribution is 2.26. The summed E-state index contributed by atoms with van der Waals surface area (Å²) in [5.74, 6) is -0.560. The fourth-order valence-electron chi connectivity index (χ4n) is 2.81. The Morgan fingerprint density at radius 2 is 1.70 bits per heavy atom. The Morgan fingerprint density at radius 1 is 1.00 bits per heavy atom. The van der Waals surface area contributed by atoms with Crippen molar-refractivity contribution < 1.29 is 19.1 Å². The van der Waals surface area contributed by atoms with Crippen molar-refractivity contribution in [2.45, 2.75) is 6.92 Å². The summed E-state index contributed by atoms with van der Waals surface area (Å²) in [4.78, 5) is 29.0. The minimum atomic E-state index is -0.584. The molecule has 30 heavy (non-hydrogen) atoms. The molecule has 1 aliphatic heterocycles. The Morgan fingerprint density at radius 3 is 2.43 bits per heavy atom. The smallest absolute Gasteiger partial charge is 0.363 e. The topological polar surface area (TPSA) is 65.0 Å². The van der Waals surface area contributed by atoms with E-state index in [0.717, 1.165) is 5.56 Å². The van der Waals surface area contributed by atoms with E-state index in [-0.39, 0.29) is 11.6 Å². The largest absolute Gasteiger partial charge is 0.422 e. The minimum absolute atomic E-state index is 0.110. The van der Waals surface area contributed by atoms with Crippen molar-refractivity contribution >= 4 is 35.5 Å². The molecule has 0 fully saturated rings. The summed E-state index contributed by atoms with van der Waals surface area (Å²) in [5, 5.41) is 0.573. The fourth-order valence-corrected chi connectivity index (χ4v) is 2.94. The molecule has 0 atom stereocenters. The average Bonchev–Trinajstić information content (AvgIpc) is 3.10. The molecule has 3 aromatic carbocycles. The Bertz CT molecular complexity index is 1180. The number of hydrogen-bond acceptors (Lipinski definition) is 5. The monoisotopic (exact) mass is 417 g/mol. The van der Waals surface area contributed by atoms with Gasteiger partial charge in [-0.1, -0.05) is 47.5 Å². The van der Waals surface area contributed by atoms with Crippen molar-refractivity contribution in [2.24, 2.45) is 4.99 Å². The van der Waals surface area contributed by atoms with Gasteiger partial charge in [0, 0.05) is 16.1 Å². The zero-order valence-electron chi connectivity index (χ0n) is 16.0. The quantitative estimate of drug-likeness (QED) is 0.332. The molecule has 148 valence electrons. The summed E-state index contributed by atoms with van der Waals surface area (Å²) in [5.41, 5.74) is 2.76. The number of aliphatic imine (C=N–C) groups is 1. The van der Waals surface area contributed by atoms with Crippen LogP contribution < -0.4 is 4.74 Å². The number of carbonyl (C=O) groups excluding carboxylic acids is 2. The highest BCUT2D eigenvalue weighted by molar-refractivity contribution is 6.30. The van der Waals surface area contributed by atoms with Gasteiger partial charge in [0.15, 0.2) is 5.70 Å². The molecule has 0 amide bonds. The second-order valence-electron chi connectivity index (χ2n) is 6.64. The van der Waals surface area contributed by atoms with Gasteiger partial charge in [-0.15, -0.1) is 0 Å². The molecule has 0 N–H and O–H groups in total. The molecule has 0 aliphatic carbocycles. The van der Waals surface area contributed by atoms with Gasteiger partial charge < -0.3 is 9.47 Å². The first-order valence-electron chi connectivity index (χ1n) is 9.16. The van der Waals surface area contributed by atoms with Gasteiger partial charge in [0.1, 0.15) is 5.75 Å². The first kappa shape index (κ1) is 19.6. The predicted octanol–water partition coefficient (Wildman–Crippen LogP) is 5.21. The lowest BCUT2D eigenvalue weighted by Gasteiger charge is -2.07. The van der Waals surface area contributed by atoms with E-state index in [4.69, 9.17) is 21.1 Å². The highest BCUT2D eigenvalue weighted by atomic mass is 35.5. The van der Waals surface area contributed by atoms with Gasteiger partial charge in [0.25, 0.3) is 0 Å². The van der Waals surface area contributed by atoms with Crippen molar-refractivity contribution in [3.8, 4) is 5.75 Å². The number of cyclic esters (lactones) is 1. The lowest BCUT2D eigenvalue weighted by molar-refractivity contribution is -0.129. The van der Waals surface area contributed by atoms with Crippen molar-refractivity contribution in [2.75, 3.05) is 0 Å². The number of rotatable bonds is 4. The number of benzene rings is 3. The number of halogens is 1. The molecule has 1 heterocycles. The van der Waals surface area contributed by atoms with Crippen molar-refractivity contribution in [1.82, 2.24) is 0 Å². The van der Waals surface area contributed by atoms with Crippen LogP contribution in [0.1, 0.15) is 27.0 Å². The summed E-state index contributed by atoms with van der Waals surface area (Å²) in [6, 6.07) is 20.8. The maximum absolute atomic E-state index is 12.5. The Labute approximate surface area is 178 Å². The van der Waals surface area contributed by atoms with Gasteiger partial charge in [-0.05, 0) is 55.5 Å². The van der Waals surface area contributed by atoms with Gasteiger partial charge in [-0.3, -0.25) is 0 Å². The molecule has 6 heteroatoms. The molecule has 0 saturated heterocycles. The number of ether oxygens (including phenoxy) is 2. The summed E-state index contributed by atoms with van der Waals surface area (Å²) in [7, 11) is 0. The van der Waals surface area contributed by atoms with E-state index < -0.39 is 11.9 Å². The van der Waals surface area contributed by atoms with Crippen LogP contribution in [-0.4, -0.2) is 17.8 Å². The number of aryl methyl sites for hydroxylation is 1. The number of para-hydroxylation sites is 1. The molecule has 0 unspecified atom stereocenters. The van der Waals surface area contributed by atoms with Crippen LogP contribution >= 0.6 is 11.6 Å². The molecule has 4 rings (SSSR count). The van der Waals surface area contributed by atoms with E-state index in [2.05, 4.69) is 4.99 Å². The Hall–Kier alpha value is -3.70. The molecule has 0 spiro atoms. The first-order valence-corrected chi connectivity index (χ1v) is 9.54. The fraction of sp³-hybridized carbons (Fsp3) is 0.0417. The average molecular weight is 418 g/mol. The van der Waals surface area contributed by atoms with Crippen molar-refractivity contribution in [1.29, 1.82) is 0 Å². The van der Waals surface area contributed by atoms with Crippen LogP contribution in [0.25, 0.3) is 6.08 Å². The lowest BCUT2D eigenvalue weighted by atomic mass is 10.1. The minimum Gasteiger partial charge on any atom is -0.422 e. The van der Waals surface area contributed by atoms with E-state index in [1.165, 1.54) is 6.08 Å². The standard InChI is InChI=1S/C24H16ClNO4/c1-15-6-8-17(9-7-15)23(27)29-21-5-3-2-4-18(21)14-20-24(28)30-22(26-20)16-10-12-19(25)13-11-16/h2-14H,1H3/b20-14+. The van der Waals surface area contributed by atoms with Crippen LogP contribution in [0.5, 0.6) is 5.75 Å². The van der Waals surface area contributed by atoms with E-state index in [1.54, 1.807) is 60.7 Å². The van der Waals surface area contributed by atoms with Gasteiger partial charge in [-0.25, -0.2) is 14.6 Å². The Balaban J connectivity index is 1.61. The molecule has 0 radical (unpaired) electrons. The van der Waals surface area contributed by atoms with Crippen molar-refractivity contribution in [3.63, 3.8) is 0 Å². The SMILES string of the molecule is Cc1ccc(C(=O)Oc2ccccc2/C=C2/N=C(c3ccc(Cl)cc3)OC2=O)cc1. The molecular formula is C24H16ClNO4. The molecular weight excluding hydrogens is 402 g/mol. The van der Waals surface area contributed by atoms with E-state index in [1.807, 2.05) is 19.1 Å². The van der Waals surface area contributed by atoms with Crippen LogP contribution in [0.2, 0.25) is 5.02 Å². The summed E-state index contributed by atoms with van der Waals surface area (Å²) < 4.78 is 10.8. The predicted molar refractivity (Wildman–Crippen MR) is 115 cm³/mol. The van der Waals surface area contributed by atoms with Gasteiger partial charge in [-0.2, -0.15) is 0 Å². The molecule has 0 bridgehead atoms. The number of carbonyl (C=O) groups is 2. The number of esters is 2. The zero-order valence-corrected chi connectivity index (χ0v) is 16.7. The van der Waals surface area contributed by atoms with Crippen molar-refractivity contribution in [3.05, 3.63) is 106 Å². The number of hydrogen-bond donors (Lipinski definition) is 0. The molecule has 3 aromatic rings. The second-order valence-corrected chi connectivity index (χ2v) is 7.07.